The zero-order chi connectivity index (χ0) is 20.8. The monoisotopic (exact) mass is 478 g/mol. The Balaban J connectivity index is 1.45. The number of likely N-dealkylation sites (N-methyl/N-ethyl adjacent to an activating group) is 1. The van der Waals surface area contributed by atoms with Gasteiger partial charge in [0.1, 0.15) is 0 Å². The van der Waals surface area contributed by atoms with E-state index in [2.05, 4.69) is 31.0 Å². The van der Waals surface area contributed by atoms with Gasteiger partial charge < -0.3 is 15.1 Å². The summed E-state index contributed by atoms with van der Waals surface area (Å²) in [6, 6.07) is 15.2. The van der Waals surface area contributed by atoms with Gasteiger partial charge in [-0.15, -0.1) is 0 Å². The van der Waals surface area contributed by atoms with Crippen molar-refractivity contribution in [3.8, 4) is 0 Å². The Morgan fingerprint density at radius 2 is 1.72 bits per heavy atom. The first-order valence-corrected chi connectivity index (χ1v) is 10.6. The largest absolute Gasteiger partial charge is 0.368 e. The first kappa shape index (κ1) is 21.6. The van der Waals surface area contributed by atoms with Crippen LogP contribution in [-0.4, -0.2) is 67.9 Å². The summed E-state index contributed by atoms with van der Waals surface area (Å²) in [6.07, 6.45) is 0. The maximum atomic E-state index is 12.5. The van der Waals surface area contributed by atoms with Gasteiger partial charge in [0, 0.05) is 37.7 Å². The molecule has 2 aromatic carbocycles. The van der Waals surface area contributed by atoms with E-state index in [1.54, 1.807) is 7.05 Å². The van der Waals surface area contributed by atoms with Gasteiger partial charge in [0.25, 0.3) is 0 Å². The Bertz CT molecular complexity index is 871. The van der Waals surface area contributed by atoms with Gasteiger partial charge in [0.05, 0.1) is 29.5 Å². The van der Waals surface area contributed by atoms with Crippen LogP contribution >= 0.6 is 27.5 Å². The number of carbonyl (C=O) groups is 2. The van der Waals surface area contributed by atoms with Gasteiger partial charge in [-0.1, -0.05) is 35.9 Å². The third kappa shape index (κ3) is 5.95. The normalized spacial score (nSPS) is 14.5. The number of benzene rings is 2. The van der Waals surface area contributed by atoms with E-state index in [0.29, 0.717) is 12.2 Å². The Hall–Kier alpha value is -2.09. The predicted octanol–water partition coefficient (Wildman–Crippen LogP) is 3.32. The van der Waals surface area contributed by atoms with Crippen LogP contribution < -0.4 is 10.2 Å². The summed E-state index contributed by atoms with van der Waals surface area (Å²) in [5, 5.41) is 3.56. The lowest BCUT2D eigenvalue weighted by molar-refractivity contribution is -0.134. The molecule has 0 unspecified atom stereocenters. The summed E-state index contributed by atoms with van der Waals surface area (Å²) in [5.74, 6) is -0.297. The Morgan fingerprint density at radius 1 is 1.07 bits per heavy atom. The fourth-order valence-electron chi connectivity index (χ4n) is 3.22. The number of nitrogens with zero attached hydrogens (tertiary/aromatic N) is 3. The van der Waals surface area contributed by atoms with Crippen LogP contribution in [0.1, 0.15) is 0 Å². The molecular formula is C21H24BrClN4O2. The maximum absolute atomic E-state index is 12.5. The minimum absolute atomic E-state index is 0.0136. The Morgan fingerprint density at radius 3 is 2.41 bits per heavy atom. The lowest BCUT2D eigenvalue weighted by Crippen LogP contribution is -2.50. The topological polar surface area (TPSA) is 55.9 Å². The number of hydrogen-bond acceptors (Lipinski definition) is 4. The van der Waals surface area contributed by atoms with Crippen molar-refractivity contribution in [2.24, 2.45) is 0 Å². The van der Waals surface area contributed by atoms with Crippen LogP contribution in [0.4, 0.5) is 11.4 Å². The molecule has 0 atom stereocenters. The summed E-state index contributed by atoms with van der Waals surface area (Å²) < 4.78 is 0.804. The molecule has 2 amide bonds. The average Bonchev–Trinajstić information content (AvgIpc) is 2.71. The summed E-state index contributed by atoms with van der Waals surface area (Å²) in [7, 11) is 1.65. The van der Waals surface area contributed by atoms with Crippen LogP contribution in [-0.2, 0) is 9.59 Å². The lowest BCUT2D eigenvalue weighted by atomic mass is 10.2. The molecule has 1 aliphatic rings. The highest BCUT2D eigenvalue weighted by Gasteiger charge is 2.22. The molecule has 0 saturated carbocycles. The molecular weight excluding hydrogens is 456 g/mol. The van der Waals surface area contributed by atoms with Crippen LogP contribution in [0.5, 0.6) is 0 Å². The number of halogens is 2. The molecule has 0 radical (unpaired) electrons. The second kappa shape index (κ2) is 10.1. The van der Waals surface area contributed by atoms with E-state index in [0.717, 1.165) is 41.4 Å². The van der Waals surface area contributed by atoms with E-state index >= 15 is 0 Å². The fraction of sp³-hybridized carbons (Fsp3) is 0.333. The molecule has 29 heavy (non-hydrogen) atoms. The van der Waals surface area contributed by atoms with E-state index in [4.69, 9.17) is 11.6 Å². The quantitative estimate of drug-likeness (QED) is 0.691. The average molecular weight is 480 g/mol. The number of anilines is 2. The van der Waals surface area contributed by atoms with Crippen molar-refractivity contribution < 1.29 is 9.59 Å². The highest BCUT2D eigenvalue weighted by molar-refractivity contribution is 9.10. The van der Waals surface area contributed by atoms with Crippen molar-refractivity contribution in [1.82, 2.24) is 9.80 Å². The molecule has 0 spiro atoms. The second-order valence-corrected chi connectivity index (χ2v) is 8.25. The molecule has 0 aliphatic carbocycles. The van der Waals surface area contributed by atoms with Gasteiger partial charge in [-0.2, -0.15) is 0 Å². The second-order valence-electron chi connectivity index (χ2n) is 6.99. The van der Waals surface area contributed by atoms with Crippen LogP contribution in [0.2, 0.25) is 5.02 Å². The molecule has 154 valence electrons. The third-order valence-electron chi connectivity index (χ3n) is 4.88. The Kier molecular flexibility index (Phi) is 7.52. The minimum atomic E-state index is -0.226. The molecule has 3 rings (SSSR count). The molecule has 1 fully saturated rings. The zero-order valence-electron chi connectivity index (χ0n) is 16.3. The lowest BCUT2D eigenvalue weighted by Gasteiger charge is -2.36. The number of nitrogens with one attached hydrogen (secondary N) is 1. The summed E-state index contributed by atoms with van der Waals surface area (Å²) in [6.45, 7) is 3.48. The van der Waals surface area contributed by atoms with Gasteiger partial charge >= 0.3 is 0 Å². The molecule has 1 N–H and O–H groups in total. The van der Waals surface area contributed by atoms with Gasteiger partial charge in [-0.3, -0.25) is 14.5 Å². The summed E-state index contributed by atoms with van der Waals surface area (Å²) >= 11 is 9.68. The fourth-order valence-corrected chi connectivity index (χ4v) is 3.86. The first-order chi connectivity index (χ1) is 13.9. The number of para-hydroxylation sites is 2. The minimum Gasteiger partial charge on any atom is -0.368 e. The van der Waals surface area contributed by atoms with Crippen LogP contribution in [0.3, 0.4) is 0 Å². The highest BCUT2D eigenvalue weighted by atomic mass is 79.9. The molecule has 1 heterocycles. The van der Waals surface area contributed by atoms with E-state index in [-0.39, 0.29) is 18.4 Å². The molecule has 2 aromatic rings. The zero-order valence-corrected chi connectivity index (χ0v) is 18.6. The molecule has 8 heteroatoms. The number of carbonyl (C=O) groups excluding carboxylic acids is 2. The first-order valence-electron chi connectivity index (χ1n) is 9.44. The molecule has 1 saturated heterocycles. The van der Waals surface area contributed by atoms with Gasteiger partial charge in [0.15, 0.2) is 0 Å². The highest BCUT2D eigenvalue weighted by Crippen LogP contribution is 2.26. The van der Waals surface area contributed by atoms with Crippen LogP contribution in [0, 0.1) is 0 Å². The smallest absolute Gasteiger partial charge is 0.244 e. The third-order valence-corrected chi connectivity index (χ3v) is 5.89. The summed E-state index contributed by atoms with van der Waals surface area (Å²) in [5.41, 5.74) is 1.72. The van der Waals surface area contributed by atoms with Crippen molar-refractivity contribution in [2.45, 2.75) is 0 Å². The van der Waals surface area contributed by atoms with Crippen molar-refractivity contribution in [3.05, 3.63) is 58.0 Å². The van der Waals surface area contributed by atoms with Crippen molar-refractivity contribution in [3.63, 3.8) is 0 Å². The van der Waals surface area contributed by atoms with Crippen molar-refractivity contribution in [2.75, 3.05) is 56.5 Å². The molecule has 0 bridgehead atoms. The number of amides is 2. The predicted molar refractivity (Wildman–Crippen MR) is 121 cm³/mol. The molecule has 1 aliphatic heterocycles. The molecule has 6 nitrogen and oxygen atoms in total. The van der Waals surface area contributed by atoms with E-state index in [1.165, 1.54) is 4.90 Å². The standard InChI is InChI=1S/C21H24BrClN4O2/c1-25(14-20(28)24-18-8-4-2-6-16(18)22)21(29)15-26-10-12-27(13-11-26)19-9-5-3-7-17(19)23/h2-9H,10-15H2,1H3,(H,24,28). The molecule has 0 aromatic heterocycles. The number of hydrogen-bond donors (Lipinski definition) is 1. The van der Waals surface area contributed by atoms with E-state index in [9.17, 15) is 9.59 Å². The number of rotatable bonds is 6. The van der Waals surface area contributed by atoms with Crippen LogP contribution in [0.15, 0.2) is 53.0 Å². The van der Waals surface area contributed by atoms with Crippen LogP contribution in [0.25, 0.3) is 0 Å². The van der Waals surface area contributed by atoms with Gasteiger partial charge in [-0.25, -0.2) is 0 Å². The Labute approximate surface area is 184 Å². The SMILES string of the molecule is CN(CC(=O)Nc1ccccc1Br)C(=O)CN1CCN(c2ccccc2Cl)CC1. The van der Waals surface area contributed by atoms with Crippen molar-refractivity contribution in [1.29, 1.82) is 0 Å². The maximum Gasteiger partial charge on any atom is 0.244 e. The van der Waals surface area contributed by atoms with E-state index in [1.807, 2.05) is 48.5 Å². The summed E-state index contributed by atoms with van der Waals surface area (Å²) in [4.78, 5) is 30.6. The van der Waals surface area contributed by atoms with Crippen molar-refractivity contribution >= 4 is 50.7 Å². The number of piperazine rings is 1. The van der Waals surface area contributed by atoms with Gasteiger partial charge in [0.2, 0.25) is 11.8 Å². The van der Waals surface area contributed by atoms with E-state index < -0.39 is 0 Å². The van der Waals surface area contributed by atoms with Gasteiger partial charge in [-0.05, 0) is 40.2 Å².